The van der Waals surface area contributed by atoms with Gasteiger partial charge in [0, 0.05) is 20.2 Å². The number of ether oxygens (including phenoxy) is 2. The molecule has 5 nitrogen and oxygen atoms in total. The maximum atomic E-state index is 13.4. The van der Waals surface area contributed by atoms with Crippen LogP contribution in [0.5, 0.6) is 0 Å². The molecule has 1 aliphatic carbocycles. The molecule has 0 aromatic heterocycles. The number of methoxy groups -OCH3 is 1. The van der Waals surface area contributed by atoms with Gasteiger partial charge in [-0.15, -0.1) is 0 Å². The van der Waals surface area contributed by atoms with E-state index in [2.05, 4.69) is 0 Å². The van der Waals surface area contributed by atoms with Crippen LogP contribution in [0.1, 0.15) is 30.1 Å². The molecular formula is C16H22FNO4S. The zero-order chi connectivity index (χ0) is 16.7. The molecule has 0 amide bonds. The molecule has 0 spiro atoms. The molecule has 23 heavy (non-hydrogen) atoms. The van der Waals surface area contributed by atoms with Crippen molar-refractivity contribution >= 4 is 10.0 Å². The molecule has 1 aromatic rings. The highest BCUT2D eigenvalue weighted by Gasteiger charge is 2.57. The van der Waals surface area contributed by atoms with E-state index in [4.69, 9.17) is 9.47 Å². The smallest absolute Gasteiger partial charge is 0.222 e. The number of halogens is 1. The minimum atomic E-state index is -3.42. The summed E-state index contributed by atoms with van der Waals surface area (Å²) in [5, 5.41) is 0. The second kappa shape index (κ2) is 6.12. The van der Waals surface area contributed by atoms with Crippen molar-refractivity contribution in [3.63, 3.8) is 0 Å². The number of rotatable bonds is 5. The molecule has 0 radical (unpaired) electrons. The van der Waals surface area contributed by atoms with E-state index in [0.717, 1.165) is 5.56 Å². The molecule has 0 N–H and O–H groups in total. The van der Waals surface area contributed by atoms with Gasteiger partial charge in [0.15, 0.2) is 0 Å². The third-order valence-electron chi connectivity index (χ3n) is 4.69. The largest absolute Gasteiger partial charge is 0.383 e. The first-order chi connectivity index (χ1) is 10.9. The van der Waals surface area contributed by atoms with Crippen molar-refractivity contribution in [2.75, 3.05) is 33.4 Å². The van der Waals surface area contributed by atoms with Crippen molar-refractivity contribution in [1.82, 2.24) is 4.31 Å². The van der Waals surface area contributed by atoms with E-state index < -0.39 is 14.8 Å². The Kier molecular flexibility index (Phi) is 4.48. The molecule has 0 bridgehead atoms. The predicted molar refractivity (Wildman–Crippen MR) is 84.2 cm³/mol. The summed E-state index contributed by atoms with van der Waals surface area (Å²) < 4.78 is 50.8. The number of nitrogens with zero attached hydrogens (tertiary/aromatic N) is 1. The first-order valence-corrected chi connectivity index (χ1v) is 9.20. The first-order valence-electron chi connectivity index (χ1n) is 7.76. The number of hydrogen-bond donors (Lipinski definition) is 0. The third-order valence-corrected chi connectivity index (χ3v) is 7.32. The number of aryl methyl sites for hydroxylation is 1. The van der Waals surface area contributed by atoms with Gasteiger partial charge in [-0.3, -0.25) is 0 Å². The summed E-state index contributed by atoms with van der Waals surface area (Å²) in [6, 6.07) is 4.78. The van der Waals surface area contributed by atoms with Crippen LogP contribution in [-0.4, -0.2) is 50.9 Å². The Hall–Kier alpha value is -1.02. The quantitative estimate of drug-likeness (QED) is 0.821. The van der Waals surface area contributed by atoms with Gasteiger partial charge in [-0.1, -0.05) is 12.1 Å². The fraction of sp³-hybridized carbons (Fsp3) is 0.625. The molecule has 1 saturated heterocycles. The SMILES string of the molecule is COCC1(S(=O)(=O)N2CCOC(c3ccc(F)c(C)c3)C2)CC1. The van der Waals surface area contributed by atoms with Crippen molar-refractivity contribution in [3.8, 4) is 0 Å². The average Bonchev–Trinajstić information content (AvgIpc) is 3.32. The lowest BCUT2D eigenvalue weighted by atomic mass is 10.1. The van der Waals surface area contributed by atoms with E-state index in [1.165, 1.54) is 17.5 Å². The second-order valence-electron chi connectivity index (χ2n) is 6.35. The number of benzene rings is 1. The zero-order valence-corrected chi connectivity index (χ0v) is 14.2. The molecule has 128 valence electrons. The van der Waals surface area contributed by atoms with Gasteiger partial charge in [0.05, 0.1) is 19.3 Å². The first kappa shape index (κ1) is 16.8. The summed E-state index contributed by atoms with van der Waals surface area (Å²) >= 11 is 0. The second-order valence-corrected chi connectivity index (χ2v) is 8.68. The number of sulfonamides is 1. The van der Waals surface area contributed by atoms with Gasteiger partial charge < -0.3 is 9.47 Å². The van der Waals surface area contributed by atoms with E-state index >= 15 is 0 Å². The fourth-order valence-electron chi connectivity index (χ4n) is 3.07. The van der Waals surface area contributed by atoms with Crippen molar-refractivity contribution in [2.24, 2.45) is 0 Å². The maximum absolute atomic E-state index is 13.4. The van der Waals surface area contributed by atoms with E-state index in [0.29, 0.717) is 31.6 Å². The molecule has 1 heterocycles. The Morgan fingerprint density at radius 1 is 1.43 bits per heavy atom. The minimum Gasteiger partial charge on any atom is -0.383 e. The highest BCUT2D eigenvalue weighted by Crippen LogP contribution is 2.46. The molecule has 1 atom stereocenters. The van der Waals surface area contributed by atoms with Crippen molar-refractivity contribution < 1.29 is 22.3 Å². The molecule has 7 heteroatoms. The van der Waals surface area contributed by atoms with Gasteiger partial charge in [-0.05, 0) is 37.0 Å². The Morgan fingerprint density at radius 2 is 2.17 bits per heavy atom. The van der Waals surface area contributed by atoms with Crippen LogP contribution in [0.15, 0.2) is 18.2 Å². The number of hydrogen-bond acceptors (Lipinski definition) is 4. The monoisotopic (exact) mass is 343 g/mol. The van der Waals surface area contributed by atoms with Crippen molar-refractivity contribution in [3.05, 3.63) is 35.1 Å². The fourth-order valence-corrected chi connectivity index (χ4v) is 5.15. The third kappa shape index (κ3) is 3.03. The molecule has 1 unspecified atom stereocenters. The summed E-state index contributed by atoms with van der Waals surface area (Å²) in [6.07, 6.45) is 0.915. The van der Waals surface area contributed by atoms with Crippen molar-refractivity contribution in [2.45, 2.75) is 30.6 Å². The lowest BCUT2D eigenvalue weighted by molar-refractivity contribution is -0.00331. The van der Waals surface area contributed by atoms with Gasteiger partial charge in [0.1, 0.15) is 10.6 Å². The normalized spacial score (nSPS) is 24.6. The van der Waals surface area contributed by atoms with Crippen LogP contribution in [0.4, 0.5) is 4.39 Å². The van der Waals surface area contributed by atoms with Gasteiger partial charge in [0.2, 0.25) is 10.0 Å². The van der Waals surface area contributed by atoms with Crippen LogP contribution in [0.25, 0.3) is 0 Å². The van der Waals surface area contributed by atoms with Crippen LogP contribution in [0.3, 0.4) is 0 Å². The van der Waals surface area contributed by atoms with Crippen molar-refractivity contribution in [1.29, 1.82) is 0 Å². The summed E-state index contributed by atoms with van der Waals surface area (Å²) in [7, 11) is -1.89. The lowest BCUT2D eigenvalue weighted by Gasteiger charge is -2.35. The lowest BCUT2D eigenvalue weighted by Crippen LogP contribution is -2.48. The van der Waals surface area contributed by atoms with E-state index in [-0.39, 0.29) is 25.1 Å². The van der Waals surface area contributed by atoms with Gasteiger partial charge >= 0.3 is 0 Å². The Bertz CT molecular complexity index is 687. The summed E-state index contributed by atoms with van der Waals surface area (Å²) in [6.45, 7) is 2.87. The van der Waals surface area contributed by atoms with E-state index in [1.54, 1.807) is 19.1 Å². The summed E-state index contributed by atoms with van der Waals surface area (Å²) in [5.74, 6) is -0.272. The maximum Gasteiger partial charge on any atom is 0.222 e. The molecule has 2 aliphatic rings. The van der Waals surface area contributed by atoms with Crippen LogP contribution >= 0.6 is 0 Å². The Labute approximate surface area is 136 Å². The topological polar surface area (TPSA) is 55.8 Å². The Morgan fingerprint density at radius 3 is 2.78 bits per heavy atom. The highest BCUT2D eigenvalue weighted by atomic mass is 32.2. The summed E-state index contributed by atoms with van der Waals surface area (Å²) in [5.41, 5.74) is 1.34. The number of morpholine rings is 1. The molecule has 1 aliphatic heterocycles. The van der Waals surface area contributed by atoms with Gasteiger partial charge in [-0.2, -0.15) is 4.31 Å². The van der Waals surface area contributed by atoms with Gasteiger partial charge in [0.25, 0.3) is 0 Å². The molecular weight excluding hydrogens is 321 g/mol. The van der Waals surface area contributed by atoms with Gasteiger partial charge in [-0.25, -0.2) is 12.8 Å². The zero-order valence-electron chi connectivity index (χ0n) is 13.4. The summed E-state index contributed by atoms with van der Waals surface area (Å²) in [4.78, 5) is 0. The predicted octanol–water partition coefficient (Wildman–Crippen LogP) is 2.02. The highest BCUT2D eigenvalue weighted by molar-refractivity contribution is 7.90. The van der Waals surface area contributed by atoms with E-state index in [1.807, 2.05) is 0 Å². The molecule has 1 aromatic carbocycles. The van der Waals surface area contributed by atoms with Crippen LogP contribution in [0.2, 0.25) is 0 Å². The Balaban J connectivity index is 1.79. The average molecular weight is 343 g/mol. The molecule has 3 rings (SSSR count). The molecule has 1 saturated carbocycles. The van der Waals surface area contributed by atoms with Crippen LogP contribution in [0, 0.1) is 12.7 Å². The molecule has 2 fully saturated rings. The van der Waals surface area contributed by atoms with Crippen LogP contribution in [-0.2, 0) is 19.5 Å². The minimum absolute atomic E-state index is 0.229. The standard InChI is InChI=1S/C16H22FNO4S/c1-12-9-13(3-4-14(12)17)15-10-18(7-8-22-15)23(19,20)16(5-6-16)11-21-2/h3-4,9,15H,5-8,10-11H2,1-2H3. The van der Waals surface area contributed by atoms with E-state index in [9.17, 15) is 12.8 Å². The van der Waals surface area contributed by atoms with Crippen LogP contribution < -0.4 is 0 Å².